The van der Waals surface area contributed by atoms with Gasteiger partial charge in [0.2, 0.25) is 0 Å². The van der Waals surface area contributed by atoms with Gasteiger partial charge in [-0.15, -0.1) is 0 Å². The van der Waals surface area contributed by atoms with Gasteiger partial charge in [0.15, 0.2) is 0 Å². The van der Waals surface area contributed by atoms with Crippen LogP contribution < -0.4 is 4.72 Å². The third kappa shape index (κ3) is 3.28. The van der Waals surface area contributed by atoms with Crippen LogP contribution in [0.3, 0.4) is 0 Å². The van der Waals surface area contributed by atoms with Gasteiger partial charge >= 0.3 is 0 Å². The third-order valence-corrected chi connectivity index (χ3v) is 2.27. The van der Waals surface area contributed by atoms with E-state index in [-0.39, 0.29) is 0 Å². The van der Waals surface area contributed by atoms with Crippen molar-refractivity contribution in [3.05, 3.63) is 35.4 Å². The van der Waals surface area contributed by atoms with Crippen LogP contribution in [-0.2, 0) is 6.42 Å². The summed E-state index contributed by atoms with van der Waals surface area (Å²) in [5, 5.41) is 0. The molecule has 0 aliphatic rings. The highest BCUT2D eigenvalue weighted by Gasteiger charge is 1.90. The van der Waals surface area contributed by atoms with E-state index < -0.39 is 0 Å². The van der Waals surface area contributed by atoms with Gasteiger partial charge in [-0.05, 0) is 25.2 Å². The van der Waals surface area contributed by atoms with Gasteiger partial charge in [0.25, 0.3) is 0 Å². The average molecular weight is 181 g/mol. The molecule has 1 aromatic rings. The molecule has 0 amide bonds. The number of rotatable bonds is 4. The predicted molar refractivity (Wildman–Crippen MR) is 56.4 cm³/mol. The Bertz CT molecular complexity index is 218. The van der Waals surface area contributed by atoms with Crippen molar-refractivity contribution in [3.63, 3.8) is 0 Å². The maximum absolute atomic E-state index is 3.23. The van der Waals surface area contributed by atoms with Gasteiger partial charge in [0.1, 0.15) is 0 Å². The Balaban J connectivity index is 2.37. The molecule has 0 atom stereocenters. The largest absolute Gasteiger partial charge is 0.264 e. The molecule has 0 heterocycles. The fourth-order valence-electron chi connectivity index (χ4n) is 1.05. The highest BCUT2D eigenvalue weighted by molar-refractivity contribution is 7.96. The van der Waals surface area contributed by atoms with Crippen LogP contribution in [0.25, 0.3) is 0 Å². The smallest absolute Gasteiger partial charge is 0.00989 e. The minimum Gasteiger partial charge on any atom is -0.264 e. The molecular formula is C10H15NS. The first-order valence-corrected chi connectivity index (χ1v) is 5.37. The molecule has 0 aromatic heterocycles. The summed E-state index contributed by atoms with van der Waals surface area (Å²) in [5.74, 6) is 0. The van der Waals surface area contributed by atoms with Crippen molar-refractivity contribution >= 4 is 11.9 Å². The van der Waals surface area contributed by atoms with Gasteiger partial charge in [-0.2, -0.15) is 0 Å². The average Bonchev–Trinajstić information content (AvgIpc) is 2.09. The maximum atomic E-state index is 3.23. The van der Waals surface area contributed by atoms with E-state index in [1.165, 1.54) is 11.1 Å². The van der Waals surface area contributed by atoms with E-state index >= 15 is 0 Å². The number of hydrogen-bond donors (Lipinski definition) is 1. The molecule has 0 bridgehead atoms. The van der Waals surface area contributed by atoms with Crippen LogP contribution in [0.1, 0.15) is 11.1 Å². The van der Waals surface area contributed by atoms with Crippen molar-refractivity contribution in [1.29, 1.82) is 0 Å². The molecule has 0 saturated carbocycles. The van der Waals surface area contributed by atoms with Gasteiger partial charge in [-0.25, -0.2) is 0 Å². The fraction of sp³-hybridized carbons (Fsp3) is 0.400. The lowest BCUT2D eigenvalue weighted by Gasteiger charge is -2.01. The molecule has 1 rings (SSSR count). The lowest BCUT2D eigenvalue weighted by Crippen LogP contribution is -2.07. The summed E-state index contributed by atoms with van der Waals surface area (Å²) >= 11 is 1.67. The first kappa shape index (κ1) is 9.62. The molecule has 66 valence electrons. The molecule has 0 radical (unpaired) electrons. The van der Waals surface area contributed by atoms with Gasteiger partial charge in [0.05, 0.1) is 0 Å². The molecule has 0 saturated heterocycles. The summed E-state index contributed by atoms with van der Waals surface area (Å²) in [4.78, 5) is 0. The lowest BCUT2D eigenvalue weighted by molar-refractivity contribution is 0.909. The van der Waals surface area contributed by atoms with Crippen LogP contribution in [0.4, 0.5) is 0 Å². The second-order valence-electron chi connectivity index (χ2n) is 2.83. The van der Waals surface area contributed by atoms with Crippen LogP contribution in [0.2, 0.25) is 0 Å². The summed E-state index contributed by atoms with van der Waals surface area (Å²) in [7, 11) is 0. The molecule has 0 spiro atoms. The monoisotopic (exact) mass is 181 g/mol. The summed E-state index contributed by atoms with van der Waals surface area (Å²) in [5.41, 5.74) is 2.73. The fourth-order valence-corrected chi connectivity index (χ4v) is 1.36. The minimum atomic E-state index is 1.05. The van der Waals surface area contributed by atoms with Gasteiger partial charge in [0, 0.05) is 6.54 Å². The number of nitrogens with one attached hydrogen (secondary N) is 1. The first-order chi connectivity index (χ1) is 5.83. The van der Waals surface area contributed by atoms with Gasteiger partial charge in [-0.3, -0.25) is 4.72 Å². The van der Waals surface area contributed by atoms with E-state index in [0.717, 1.165) is 13.0 Å². The topological polar surface area (TPSA) is 12.0 Å². The van der Waals surface area contributed by atoms with Gasteiger partial charge in [-0.1, -0.05) is 41.8 Å². The van der Waals surface area contributed by atoms with Crippen molar-refractivity contribution in [3.8, 4) is 0 Å². The second-order valence-corrected chi connectivity index (χ2v) is 3.53. The van der Waals surface area contributed by atoms with E-state index in [9.17, 15) is 0 Å². The molecule has 1 nitrogen and oxygen atoms in total. The molecule has 0 unspecified atom stereocenters. The first-order valence-electron chi connectivity index (χ1n) is 4.14. The van der Waals surface area contributed by atoms with E-state index in [0.29, 0.717) is 0 Å². The zero-order chi connectivity index (χ0) is 8.81. The summed E-state index contributed by atoms with van der Waals surface area (Å²) < 4.78 is 3.23. The van der Waals surface area contributed by atoms with Crippen LogP contribution in [0.15, 0.2) is 24.3 Å². The molecule has 0 fully saturated rings. The molecule has 1 aromatic carbocycles. The van der Waals surface area contributed by atoms with Crippen LogP contribution in [-0.4, -0.2) is 12.8 Å². The molecular weight excluding hydrogens is 166 g/mol. The molecule has 0 aliphatic heterocycles. The number of aryl methyl sites for hydroxylation is 1. The Morgan fingerprint density at radius 3 is 2.50 bits per heavy atom. The quantitative estimate of drug-likeness (QED) is 0.565. The highest BCUT2D eigenvalue weighted by Crippen LogP contribution is 2.03. The Labute approximate surface area is 78.7 Å². The Morgan fingerprint density at radius 1 is 1.25 bits per heavy atom. The van der Waals surface area contributed by atoms with E-state index in [1.54, 1.807) is 11.9 Å². The normalized spacial score (nSPS) is 10.2. The van der Waals surface area contributed by atoms with E-state index in [1.807, 2.05) is 0 Å². The van der Waals surface area contributed by atoms with Crippen LogP contribution in [0.5, 0.6) is 0 Å². The molecule has 1 N–H and O–H groups in total. The lowest BCUT2D eigenvalue weighted by atomic mass is 10.1. The van der Waals surface area contributed by atoms with Crippen molar-refractivity contribution in [2.75, 3.05) is 12.8 Å². The van der Waals surface area contributed by atoms with Crippen LogP contribution >= 0.6 is 11.9 Å². The molecule has 2 heteroatoms. The second kappa shape index (κ2) is 5.22. The standard InChI is InChI=1S/C10H15NS/c1-9-3-5-10(6-4-9)7-8-11-12-2/h3-6,11H,7-8H2,1-2H3. The van der Waals surface area contributed by atoms with E-state index in [4.69, 9.17) is 0 Å². The zero-order valence-electron chi connectivity index (χ0n) is 7.63. The Morgan fingerprint density at radius 2 is 1.92 bits per heavy atom. The third-order valence-electron chi connectivity index (χ3n) is 1.78. The highest BCUT2D eigenvalue weighted by atomic mass is 32.2. The van der Waals surface area contributed by atoms with Crippen LogP contribution in [0, 0.1) is 6.92 Å². The zero-order valence-corrected chi connectivity index (χ0v) is 8.45. The predicted octanol–water partition coefficient (Wildman–Crippen LogP) is 2.41. The van der Waals surface area contributed by atoms with E-state index in [2.05, 4.69) is 42.2 Å². The number of benzene rings is 1. The number of hydrogen-bond acceptors (Lipinski definition) is 2. The summed E-state index contributed by atoms with van der Waals surface area (Å²) in [6, 6.07) is 8.71. The molecule has 0 aliphatic carbocycles. The van der Waals surface area contributed by atoms with Crippen molar-refractivity contribution in [2.24, 2.45) is 0 Å². The summed E-state index contributed by atoms with van der Waals surface area (Å²) in [6.45, 7) is 3.16. The van der Waals surface area contributed by atoms with Crippen molar-refractivity contribution in [2.45, 2.75) is 13.3 Å². The Hall–Kier alpha value is -0.470. The molecule has 12 heavy (non-hydrogen) atoms. The van der Waals surface area contributed by atoms with Crippen molar-refractivity contribution < 1.29 is 0 Å². The maximum Gasteiger partial charge on any atom is 0.00989 e. The summed E-state index contributed by atoms with van der Waals surface area (Å²) in [6.07, 6.45) is 3.16. The minimum absolute atomic E-state index is 1.05. The van der Waals surface area contributed by atoms with Gasteiger partial charge < -0.3 is 0 Å². The van der Waals surface area contributed by atoms with Crippen molar-refractivity contribution in [1.82, 2.24) is 4.72 Å². The SMILES string of the molecule is CSNCCc1ccc(C)cc1. The Kier molecular flexibility index (Phi) is 4.19.